The number of hydrogen-bond donors (Lipinski definition) is 0. The van der Waals surface area contributed by atoms with Crippen LogP contribution in [0.5, 0.6) is 0 Å². The molecule has 1 fully saturated rings. The number of thioether (sulfide) groups is 1. The molecule has 2 nitrogen and oxygen atoms in total. The van der Waals surface area contributed by atoms with Gasteiger partial charge in [-0.05, 0) is 24.9 Å². The summed E-state index contributed by atoms with van der Waals surface area (Å²) in [5.41, 5.74) is 0. The maximum atomic E-state index is 5.51. The Kier molecular flexibility index (Phi) is 5.14. The summed E-state index contributed by atoms with van der Waals surface area (Å²) in [4.78, 5) is 0. The summed E-state index contributed by atoms with van der Waals surface area (Å²) in [6.45, 7) is 5.79. The van der Waals surface area contributed by atoms with Gasteiger partial charge in [-0.25, -0.2) is 0 Å². The third-order valence-electron chi connectivity index (χ3n) is 2.24. The molecule has 78 valence electrons. The average Bonchev–Trinajstić information content (AvgIpc) is 2.53. The maximum absolute atomic E-state index is 5.51. The van der Waals surface area contributed by atoms with Crippen LogP contribution in [0.15, 0.2) is 0 Å². The molecule has 0 N–H and O–H groups in total. The van der Waals surface area contributed by atoms with E-state index in [1.807, 2.05) is 18.7 Å². The van der Waals surface area contributed by atoms with Gasteiger partial charge in [-0.2, -0.15) is 11.8 Å². The van der Waals surface area contributed by atoms with Crippen LogP contribution in [0.2, 0.25) is 0 Å². The Bertz CT molecular complexity index is 133. The van der Waals surface area contributed by atoms with Crippen molar-refractivity contribution in [1.29, 1.82) is 0 Å². The van der Waals surface area contributed by atoms with Crippen molar-refractivity contribution in [3.8, 4) is 0 Å². The standard InChI is InChI=1S/C10H20O2S/c1-3-4-8-13-9-5-10(2)11-6-7-12-10/h3-9H2,1-2H3. The highest BCUT2D eigenvalue weighted by Gasteiger charge is 2.29. The van der Waals surface area contributed by atoms with Crippen molar-refractivity contribution in [3.63, 3.8) is 0 Å². The van der Waals surface area contributed by atoms with Crippen LogP contribution < -0.4 is 0 Å². The van der Waals surface area contributed by atoms with Crippen LogP contribution in [-0.2, 0) is 9.47 Å². The number of rotatable bonds is 6. The Labute approximate surface area is 85.4 Å². The van der Waals surface area contributed by atoms with Crippen molar-refractivity contribution in [2.75, 3.05) is 24.7 Å². The fourth-order valence-corrected chi connectivity index (χ4v) is 2.52. The molecule has 1 saturated heterocycles. The lowest BCUT2D eigenvalue weighted by Crippen LogP contribution is -2.26. The Morgan fingerprint density at radius 1 is 1.23 bits per heavy atom. The molecule has 3 heteroatoms. The van der Waals surface area contributed by atoms with E-state index in [1.54, 1.807) is 0 Å². The predicted molar refractivity (Wildman–Crippen MR) is 57.2 cm³/mol. The first-order valence-electron chi connectivity index (χ1n) is 5.12. The van der Waals surface area contributed by atoms with Crippen molar-refractivity contribution < 1.29 is 9.47 Å². The van der Waals surface area contributed by atoms with E-state index in [2.05, 4.69) is 6.92 Å². The monoisotopic (exact) mass is 204 g/mol. The van der Waals surface area contributed by atoms with Gasteiger partial charge in [-0.1, -0.05) is 13.3 Å². The zero-order valence-electron chi connectivity index (χ0n) is 8.67. The van der Waals surface area contributed by atoms with Gasteiger partial charge in [0.2, 0.25) is 0 Å². The minimum Gasteiger partial charge on any atom is -0.348 e. The van der Waals surface area contributed by atoms with E-state index in [-0.39, 0.29) is 5.79 Å². The van der Waals surface area contributed by atoms with E-state index in [4.69, 9.17) is 9.47 Å². The maximum Gasteiger partial charge on any atom is 0.166 e. The van der Waals surface area contributed by atoms with Crippen LogP contribution in [-0.4, -0.2) is 30.5 Å². The molecule has 1 aliphatic heterocycles. The number of ether oxygens (including phenoxy) is 2. The second kappa shape index (κ2) is 5.89. The number of unbranched alkanes of at least 4 members (excludes halogenated alkanes) is 1. The first-order chi connectivity index (χ1) is 6.27. The lowest BCUT2D eigenvalue weighted by Gasteiger charge is -2.21. The summed E-state index contributed by atoms with van der Waals surface area (Å²) in [7, 11) is 0. The minimum absolute atomic E-state index is 0.279. The van der Waals surface area contributed by atoms with E-state index in [0.29, 0.717) is 0 Å². The van der Waals surface area contributed by atoms with Gasteiger partial charge < -0.3 is 9.47 Å². The average molecular weight is 204 g/mol. The smallest absolute Gasteiger partial charge is 0.166 e. The van der Waals surface area contributed by atoms with Gasteiger partial charge in [0.15, 0.2) is 5.79 Å². The van der Waals surface area contributed by atoms with Gasteiger partial charge in [0.25, 0.3) is 0 Å². The highest BCUT2D eigenvalue weighted by Crippen LogP contribution is 2.24. The molecule has 1 rings (SSSR count). The fourth-order valence-electron chi connectivity index (χ4n) is 1.31. The third kappa shape index (κ3) is 4.34. The van der Waals surface area contributed by atoms with Crippen molar-refractivity contribution in [2.45, 2.75) is 38.9 Å². The Balaban J connectivity index is 1.98. The van der Waals surface area contributed by atoms with Gasteiger partial charge in [0.05, 0.1) is 13.2 Å². The number of hydrogen-bond acceptors (Lipinski definition) is 3. The SMILES string of the molecule is CCCCSCCC1(C)OCCO1. The normalized spacial score (nSPS) is 20.8. The molecule has 1 aliphatic rings. The summed E-state index contributed by atoms with van der Waals surface area (Å²) in [5.74, 6) is 2.14. The highest BCUT2D eigenvalue weighted by atomic mass is 32.2. The molecule has 0 aromatic heterocycles. The molecule has 0 aromatic rings. The summed E-state index contributed by atoms with van der Waals surface area (Å²) in [6, 6.07) is 0. The Hall–Kier alpha value is 0.270. The molecule has 0 amide bonds. The topological polar surface area (TPSA) is 18.5 Å². The third-order valence-corrected chi connectivity index (χ3v) is 3.31. The lowest BCUT2D eigenvalue weighted by atomic mass is 10.2. The van der Waals surface area contributed by atoms with Crippen LogP contribution in [0.4, 0.5) is 0 Å². The molecule has 0 bridgehead atoms. The molecule has 13 heavy (non-hydrogen) atoms. The van der Waals surface area contributed by atoms with E-state index in [9.17, 15) is 0 Å². The van der Waals surface area contributed by atoms with Crippen LogP contribution in [0.25, 0.3) is 0 Å². The Morgan fingerprint density at radius 2 is 1.92 bits per heavy atom. The highest BCUT2D eigenvalue weighted by molar-refractivity contribution is 7.99. The van der Waals surface area contributed by atoms with Gasteiger partial charge in [-0.3, -0.25) is 0 Å². The zero-order chi connectivity index (χ0) is 9.57. The zero-order valence-corrected chi connectivity index (χ0v) is 9.49. The Morgan fingerprint density at radius 3 is 2.54 bits per heavy atom. The summed E-state index contributed by atoms with van der Waals surface area (Å²) < 4.78 is 11.0. The largest absolute Gasteiger partial charge is 0.348 e. The van der Waals surface area contributed by atoms with Gasteiger partial charge in [0, 0.05) is 6.42 Å². The fraction of sp³-hybridized carbons (Fsp3) is 1.00. The molecule has 0 radical (unpaired) electrons. The minimum atomic E-state index is -0.279. The van der Waals surface area contributed by atoms with Crippen molar-refractivity contribution >= 4 is 11.8 Å². The van der Waals surface area contributed by atoms with Crippen molar-refractivity contribution in [2.24, 2.45) is 0 Å². The quantitative estimate of drug-likeness (QED) is 0.620. The van der Waals surface area contributed by atoms with Gasteiger partial charge in [0.1, 0.15) is 0 Å². The predicted octanol–water partition coefficient (Wildman–Crippen LogP) is 2.67. The van der Waals surface area contributed by atoms with Crippen LogP contribution >= 0.6 is 11.8 Å². The second-order valence-corrected chi connectivity index (χ2v) is 4.77. The van der Waals surface area contributed by atoms with E-state index in [0.717, 1.165) is 25.4 Å². The molecule has 0 unspecified atom stereocenters. The van der Waals surface area contributed by atoms with Crippen LogP contribution in [0.3, 0.4) is 0 Å². The second-order valence-electron chi connectivity index (χ2n) is 3.55. The first kappa shape index (κ1) is 11.3. The molecule has 0 aromatic carbocycles. The molecular formula is C10H20O2S. The first-order valence-corrected chi connectivity index (χ1v) is 6.28. The molecular weight excluding hydrogens is 184 g/mol. The van der Waals surface area contributed by atoms with E-state index in [1.165, 1.54) is 18.6 Å². The molecule has 1 heterocycles. The van der Waals surface area contributed by atoms with Crippen molar-refractivity contribution in [1.82, 2.24) is 0 Å². The van der Waals surface area contributed by atoms with E-state index < -0.39 is 0 Å². The van der Waals surface area contributed by atoms with Crippen molar-refractivity contribution in [3.05, 3.63) is 0 Å². The summed E-state index contributed by atoms with van der Waals surface area (Å²) in [6.07, 6.45) is 3.63. The van der Waals surface area contributed by atoms with E-state index >= 15 is 0 Å². The lowest BCUT2D eigenvalue weighted by molar-refractivity contribution is -0.142. The molecule has 0 aliphatic carbocycles. The van der Waals surface area contributed by atoms with Gasteiger partial charge in [-0.15, -0.1) is 0 Å². The molecule has 0 spiro atoms. The molecule has 0 saturated carbocycles. The summed E-state index contributed by atoms with van der Waals surface area (Å²) >= 11 is 2.00. The molecule has 0 atom stereocenters. The van der Waals surface area contributed by atoms with Gasteiger partial charge >= 0.3 is 0 Å². The summed E-state index contributed by atoms with van der Waals surface area (Å²) in [5, 5.41) is 0. The van der Waals surface area contributed by atoms with Crippen LogP contribution in [0.1, 0.15) is 33.1 Å². The van der Waals surface area contributed by atoms with Crippen LogP contribution in [0, 0.1) is 0 Å².